The van der Waals surface area contributed by atoms with Gasteiger partial charge < -0.3 is 0 Å². The standard InChI is InChI=1S/C15H25N/c1-5-9-12-14(11-7-3)15(8-4)16-13-10-6-2/h6,8,10,13-14H,2,4-5,7,9,11-12H2,1,3H3/b13-10-,16-15+. The number of hydrogen-bond acceptors (Lipinski definition) is 1. The van der Waals surface area contributed by atoms with Gasteiger partial charge in [0, 0.05) is 17.8 Å². The van der Waals surface area contributed by atoms with E-state index in [0.29, 0.717) is 5.92 Å². The summed E-state index contributed by atoms with van der Waals surface area (Å²) in [5.74, 6) is 0.567. The van der Waals surface area contributed by atoms with Crippen molar-refractivity contribution in [1.29, 1.82) is 0 Å². The van der Waals surface area contributed by atoms with E-state index in [4.69, 9.17) is 0 Å². The third-order valence-electron chi connectivity index (χ3n) is 2.62. The van der Waals surface area contributed by atoms with Crippen LogP contribution in [0.15, 0.2) is 42.6 Å². The molecular weight excluding hydrogens is 194 g/mol. The summed E-state index contributed by atoms with van der Waals surface area (Å²) in [4.78, 5) is 4.45. The quantitative estimate of drug-likeness (QED) is 0.385. The van der Waals surface area contributed by atoms with Crippen molar-refractivity contribution in [1.82, 2.24) is 0 Å². The van der Waals surface area contributed by atoms with Crippen molar-refractivity contribution in [2.24, 2.45) is 10.9 Å². The highest BCUT2D eigenvalue weighted by Gasteiger charge is 2.11. The van der Waals surface area contributed by atoms with Crippen LogP contribution in [0.2, 0.25) is 0 Å². The molecule has 1 nitrogen and oxygen atoms in total. The van der Waals surface area contributed by atoms with Gasteiger partial charge in [0.15, 0.2) is 0 Å². The topological polar surface area (TPSA) is 12.4 Å². The lowest BCUT2D eigenvalue weighted by molar-refractivity contribution is 0.540. The van der Waals surface area contributed by atoms with Gasteiger partial charge in [0.05, 0.1) is 0 Å². The first kappa shape index (κ1) is 14.9. The molecule has 1 unspecified atom stereocenters. The fraction of sp³-hybridized carbons (Fsp3) is 0.533. The van der Waals surface area contributed by atoms with Gasteiger partial charge in [-0.25, -0.2) is 0 Å². The lowest BCUT2D eigenvalue weighted by atomic mass is 9.92. The molecular formula is C15H25N. The van der Waals surface area contributed by atoms with Gasteiger partial charge in [-0.3, -0.25) is 4.99 Å². The van der Waals surface area contributed by atoms with Crippen molar-refractivity contribution in [3.8, 4) is 0 Å². The van der Waals surface area contributed by atoms with Crippen LogP contribution in [0.25, 0.3) is 0 Å². The first-order chi connectivity index (χ1) is 7.79. The molecule has 0 saturated carbocycles. The molecule has 0 saturated heterocycles. The van der Waals surface area contributed by atoms with E-state index in [1.807, 2.05) is 12.2 Å². The molecule has 0 rings (SSSR count). The van der Waals surface area contributed by atoms with Gasteiger partial charge in [-0.15, -0.1) is 0 Å². The van der Waals surface area contributed by atoms with E-state index in [1.54, 1.807) is 12.3 Å². The highest BCUT2D eigenvalue weighted by molar-refractivity contribution is 5.96. The number of rotatable bonds is 9. The van der Waals surface area contributed by atoms with E-state index in [1.165, 1.54) is 32.1 Å². The minimum atomic E-state index is 0.567. The average molecular weight is 219 g/mol. The summed E-state index contributed by atoms with van der Waals surface area (Å²) in [6.07, 6.45) is 13.4. The van der Waals surface area contributed by atoms with E-state index in [9.17, 15) is 0 Å². The van der Waals surface area contributed by atoms with Crippen LogP contribution >= 0.6 is 0 Å². The van der Waals surface area contributed by atoms with Gasteiger partial charge in [0.2, 0.25) is 0 Å². The molecule has 0 spiro atoms. The second-order valence-electron chi connectivity index (χ2n) is 3.96. The van der Waals surface area contributed by atoms with Crippen LogP contribution in [0.3, 0.4) is 0 Å². The number of unbranched alkanes of at least 4 members (excludes halogenated alkanes) is 1. The number of aliphatic imine (C=N–C) groups is 1. The molecule has 0 aliphatic carbocycles. The third-order valence-corrected chi connectivity index (χ3v) is 2.62. The minimum absolute atomic E-state index is 0.567. The molecule has 1 heteroatoms. The van der Waals surface area contributed by atoms with Gasteiger partial charge in [-0.05, 0) is 25.0 Å². The Labute approximate surface area is 101 Å². The Hall–Kier alpha value is -1.11. The Bertz CT molecular complexity index is 248. The molecule has 0 aliphatic heterocycles. The van der Waals surface area contributed by atoms with Crippen molar-refractivity contribution < 1.29 is 0 Å². The third kappa shape index (κ3) is 6.39. The van der Waals surface area contributed by atoms with Crippen molar-refractivity contribution in [2.45, 2.75) is 46.0 Å². The highest BCUT2D eigenvalue weighted by Crippen LogP contribution is 2.17. The molecule has 0 aromatic rings. The lowest BCUT2D eigenvalue weighted by Gasteiger charge is -2.15. The van der Waals surface area contributed by atoms with E-state index in [-0.39, 0.29) is 0 Å². The summed E-state index contributed by atoms with van der Waals surface area (Å²) in [6.45, 7) is 11.9. The van der Waals surface area contributed by atoms with Crippen LogP contribution in [-0.2, 0) is 0 Å². The van der Waals surface area contributed by atoms with Crippen LogP contribution in [0.1, 0.15) is 46.0 Å². The molecule has 0 aromatic carbocycles. The van der Waals surface area contributed by atoms with Crippen LogP contribution in [0, 0.1) is 5.92 Å². The monoisotopic (exact) mass is 219 g/mol. The maximum atomic E-state index is 4.45. The molecule has 0 radical (unpaired) electrons. The molecule has 90 valence electrons. The van der Waals surface area contributed by atoms with Crippen LogP contribution in [-0.4, -0.2) is 5.71 Å². The minimum Gasteiger partial charge on any atom is -0.261 e. The Morgan fingerprint density at radius 3 is 2.44 bits per heavy atom. The molecule has 0 aromatic heterocycles. The highest BCUT2D eigenvalue weighted by atomic mass is 14.7. The number of hydrogen-bond donors (Lipinski definition) is 0. The summed E-state index contributed by atoms with van der Waals surface area (Å²) in [6, 6.07) is 0. The molecule has 0 bridgehead atoms. The second-order valence-corrected chi connectivity index (χ2v) is 3.96. The predicted molar refractivity (Wildman–Crippen MR) is 74.9 cm³/mol. The van der Waals surface area contributed by atoms with E-state index < -0.39 is 0 Å². The molecule has 0 amide bonds. The normalized spacial score (nSPS) is 14.0. The first-order valence-electron chi connectivity index (χ1n) is 6.27. The molecule has 0 heterocycles. The van der Waals surface area contributed by atoms with Crippen LogP contribution in [0.5, 0.6) is 0 Å². The summed E-state index contributed by atoms with van der Waals surface area (Å²) in [5, 5.41) is 0. The lowest BCUT2D eigenvalue weighted by Crippen LogP contribution is -2.11. The Morgan fingerprint density at radius 2 is 1.94 bits per heavy atom. The summed E-state index contributed by atoms with van der Waals surface area (Å²) < 4.78 is 0. The Morgan fingerprint density at radius 1 is 1.19 bits per heavy atom. The fourth-order valence-electron chi connectivity index (χ4n) is 1.75. The SMILES string of the molecule is C=C/C=C\N=C(/C=C)C(CCC)CCCC. The zero-order valence-electron chi connectivity index (χ0n) is 10.8. The van der Waals surface area contributed by atoms with Gasteiger partial charge >= 0.3 is 0 Å². The van der Waals surface area contributed by atoms with Crippen LogP contribution in [0.4, 0.5) is 0 Å². The zero-order valence-corrected chi connectivity index (χ0v) is 10.8. The fourth-order valence-corrected chi connectivity index (χ4v) is 1.75. The van der Waals surface area contributed by atoms with Crippen molar-refractivity contribution in [3.05, 3.63) is 37.6 Å². The Balaban J connectivity index is 4.54. The molecule has 0 N–H and O–H groups in total. The van der Waals surface area contributed by atoms with Crippen molar-refractivity contribution in [2.75, 3.05) is 0 Å². The smallest absolute Gasteiger partial charge is 0.0428 e. The van der Waals surface area contributed by atoms with E-state index in [2.05, 4.69) is 32.0 Å². The van der Waals surface area contributed by atoms with Crippen LogP contribution < -0.4 is 0 Å². The van der Waals surface area contributed by atoms with Crippen molar-refractivity contribution in [3.63, 3.8) is 0 Å². The van der Waals surface area contributed by atoms with Gasteiger partial charge in [-0.2, -0.15) is 0 Å². The van der Waals surface area contributed by atoms with Gasteiger partial charge in [0.25, 0.3) is 0 Å². The van der Waals surface area contributed by atoms with Gasteiger partial charge in [-0.1, -0.05) is 52.3 Å². The summed E-state index contributed by atoms with van der Waals surface area (Å²) in [5.41, 5.74) is 1.12. The van der Waals surface area contributed by atoms with E-state index >= 15 is 0 Å². The molecule has 0 fully saturated rings. The largest absolute Gasteiger partial charge is 0.261 e. The predicted octanol–water partition coefficient (Wildman–Crippen LogP) is 4.92. The average Bonchev–Trinajstić information content (AvgIpc) is 2.31. The second kappa shape index (κ2) is 10.4. The first-order valence-corrected chi connectivity index (χ1v) is 6.27. The maximum absolute atomic E-state index is 4.45. The number of nitrogens with zero attached hydrogens (tertiary/aromatic N) is 1. The Kier molecular flexibility index (Phi) is 9.69. The maximum Gasteiger partial charge on any atom is 0.0428 e. The molecule has 16 heavy (non-hydrogen) atoms. The summed E-state index contributed by atoms with van der Waals surface area (Å²) >= 11 is 0. The van der Waals surface area contributed by atoms with Gasteiger partial charge in [0.1, 0.15) is 0 Å². The molecule has 0 aliphatic rings. The van der Waals surface area contributed by atoms with E-state index in [0.717, 1.165) is 5.71 Å². The molecule has 1 atom stereocenters. The zero-order chi connectivity index (χ0) is 12.2. The number of allylic oxidation sites excluding steroid dienone is 3. The van der Waals surface area contributed by atoms with Crippen molar-refractivity contribution >= 4 is 5.71 Å². The summed E-state index contributed by atoms with van der Waals surface area (Å²) in [7, 11) is 0.